The third-order valence-corrected chi connectivity index (χ3v) is 4.58. The molecule has 3 aromatic rings. The fourth-order valence-corrected chi connectivity index (χ4v) is 2.92. The first-order valence-corrected chi connectivity index (χ1v) is 8.91. The number of likely N-dealkylation sites (N-methyl/N-ethyl adjacent to an activating group) is 1. The van der Waals surface area contributed by atoms with Gasteiger partial charge in [-0.15, -0.1) is 11.3 Å². The number of hydrogen-bond donors (Lipinski definition) is 0. The van der Waals surface area contributed by atoms with E-state index in [1.165, 1.54) is 41.5 Å². The maximum absolute atomic E-state index is 12.3. The Bertz CT molecular complexity index is 972. The quantitative estimate of drug-likeness (QED) is 0.415. The van der Waals surface area contributed by atoms with Crippen molar-refractivity contribution in [3.63, 3.8) is 0 Å². The molecule has 0 aliphatic carbocycles. The number of nitro groups is 1. The highest BCUT2D eigenvalue weighted by Gasteiger charge is 2.18. The largest absolute Gasteiger partial charge is 0.490 e. The lowest BCUT2D eigenvalue weighted by atomic mass is 10.3. The Kier molecular flexibility index (Phi) is 5.84. The van der Waals surface area contributed by atoms with Gasteiger partial charge in [-0.3, -0.25) is 14.9 Å². The van der Waals surface area contributed by atoms with Crippen molar-refractivity contribution < 1.29 is 23.7 Å². The molecular formula is C17H16N4O6S. The topological polar surface area (TPSA) is 121 Å². The molecule has 0 bridgehead atoms. The average Bonchev–Trinajstić information content (AvgIpc) is 3.37. The van der Waals surface area contributed by atoms with Crippen molar-refractivity contribution in [2.24, 2.45) is 0 Å². The zero-order valence-corrected chi connectivity index (χ0v) is 15.8. The molecule has 146 valence electrons. The van der Waals surface area contributed by atoms with Crippen molar-refractivity contribution in [1.82, 2.24) is 15.0 Å². The summed E-state index contributed by atoms with van der Waals surface area (Å²) in [5.74, 6) is 0.779. The number of thiophene rings is 1. The normalized spacial score (nSPS) is 10.5. The smallest absolute Gasteiger partial charge is 0.311 e. The molecule has 3 rings (SSSR count). The summed E-state index contributed by atoms with van der Waals surface area (Å²) in [7, 11) is 2.90. The van der Waals surface area contributed by atoms with Crippen LogP contribution >= 0.6 is 11.3 Å². The molecule has 0 fully saturated rings. The summed E-state index contributed by atoms with van der Waals surface area (Å²) in [5.41, 5.74) is -0.184. The lowest BCUT2D eigenvalue weighted by molar-refractivity contribution is -0.385. The number of carbonyl (C=O) groups is 1. The van der Waals surface area contributed by atoms with Crippen LogP contribution in [0.15, 0.2) is 40.2 Å². The van der Waals surface area contributed by atoms with Crippen LogP contribution in [-0.2, 0) is 11.3 Å². The number of nitro benzene ring substituents is 1. The predicted molar refractivity (Wildman–Crippen MR) is 99.2 cm³/mol. The molecule has 11 heteroatoms. The van der Waals surface area contributed by atoms with Gasteiger partial charge in [0.1, 0.15) is 5.75 Å². The monoisotopic (exact) mass is 404 g/mol. The van der Waals surface area contributed by atoms with Crippen LogP contribution < -0.4 is 9.47 Å². The first-order chi connectivity index (χ1) is 13.5. The maximum atomic E-state index is 12.3. The zero-order valence-electron chi connectivity index (χ0n) is 15.0. The number of aromatic nitrogens is 2. The van der Waals surface area contributed by atoms with Gasteiger partial charge in [0.05, 0.1) is 23.5 Å². The molecule has 0 aliphatic rings. The minimum atomic E-state index is -0.559. The first kappa shape index (κ1) is 19.3. The molecule has 2 aromatic heterocycles. The van der Waals surface area contributed by atoms with E-state index in [0.717, 1.165) is 4.88 Å². The number of benzene rings is 1. The highest BCUT2D eigenvalue weighted by molar-refractivity contribution is 7.13. The minimum absolute atomic E-state index is 0.0512. The lowest BCUT2D eigenvalue weighted by Gasteiger charge is -2.15. The molecule has 2 heterocycles. The SMILES string of the molecule is COc1cc(OCC(=O)N(C)Cc2nc(-c3cccs3)no2)ccc1[N+](=O)[O-]. The number of amides is 1. The van der Waals surface area contributed by atoms with E-state index in [4.69, 9.17) is 14.0 Å². The lowest BCUT2D eigenvalue weighted by Crippen LogP contribution is -2.31. The summed E-state index contributed by atoms with van der Waals surface area (Å²) in [5, 5.41) is 16.7. The summed E-state index contributed by atoms with van der Waals surface area (Å²) >= 11 is 1.49. The number of hydrogen-bond acceptors (Lipinski definition) is 9. The van der Waals surface area contributed by atoms with Crippen LogP contribution in [0.25, 0.3) is 10.7 Å². The number of ether oxygens (including phenoxy) is 2. The Balaban J connectivity index is 1.57. The van der Waals surface area contributed by atoms with Crippen LogP contribution in [0.5, 0.6) is 11.5 Å². The standard InChI is InChI=1S/C17H16N4O6S/c1-20(9-15-18-17(19-27-15)14-4-3-7-28-14)16(22)10-26-11-5-6-12(21(23)24)13(8-11)25-2/h3-8H,9-10H2,1-2H3. The second kappa shape index (κ2) is 8.48. The Morgan fingerprint density at radius 3 is 2.89 bits per heavy atom. The molecule has 1 aromatic carbocycles. The van der Waals surface area contributed by atoms with Gasteiger partial charge in [-0.05, 0) is 17.5 Å². The van der Waals surface area contributed by atoms with Crippen LogP contribution in [0.3, 0.4) is 0 Å². The van der Waals surface area contributed by atoms with Crippen molar-refractivity contribution in [1.29, 1.82) is 0 Å². The van der Waals surface area contributed by atoms with Gasteiger partial charge in [-0.1, -0.05) is 11.2 Å². The van der Waals surface area contributed by atoms with Crippen molar-refractivity contribution in [2.45, 2.75) is 6.54 Å². The second-order valence-corrected chi connectivity index (χ2v) is 6.57. The highest BCUT2D eigenvalue weighted by Crippen LogP contribution is 2.30. The van der Waals surface area contributed by atoms with Gasteiger partial charge in [0.2, 0.25) is 17.5 Å². The van der Waals surface area contributed by atoms with Gasteiger partial charge in [0.25, 0.3) is 5.91 Å². The van der Waals surface area contributed by atoms with Crippen LogP contribution in [0.4, 0.5) is 5.69 Å². The van der Waals surface area contributed by atoms with Crippen LogP contribution in [0.1, 0.15) is 5.89 Å². The second-order valence-electron chi connectivity index (χ2n) is 5.62. The molecule has 0 radical (unpaired) electrons. The van der Waals surface area contributed by atoms with Gasteiger partial charge in [0, 0.05) is 19.2 Å². The van der Waals surface area contributed by atoms with E-state index >= 15 is 0 Å². The van der Waals surface area contributed by atoms with E-state index in [1.807, 2.05) is 17.5 Å². The molecule has 0 saturated carbocycles. The summed E-state index contributed by atoms with van der Waals surface area (Å²) in [6, 6.07) is 7.78. The fourth-order valence-electron chi connectivity index (χ4n) is 2.27. The fraction of sp³-hybridized carbons (Fsp3) is 0.235. The van der Waals surface area contributed by atoms with E-state index in [-0.39, 0.29) is 36.2 Å². The van der Waals surface area contributed by atoms with Crippen LogP contribution in [-0.4, -0.2) is 46.6 Å². The predicted octanol–water partition coefficient (Wildman–Crippen LogP) is 2.75. The molecule has 1 amide bonds. The highest BCUT2D eigenvalue weighted by atomic mass is 32.1. The number of methoxy groups -OCH3 is 1. The summed E-state index contributed by atoms with van der Waals surface area (Å²) in [4.78, 5) is 29.1. The van der Waals surface area contributed by atoms with E-state index in [0.29, 0.717) is 11.7 Å². The third-order valence-electron chi connectivity index (χ3n) is 3.72. The Morgan fingerprint density at radius 1 is 1.39 bits per heavy atom. The summed E-state index contributed by atoms with van der Waals surface area (Å²) in [6.07, 6.45) is 0. The summed E-state index contributed by atoms with van der Waals surface area (Å²) < 4.78 is 15.5. The van der Waals surface area contributed by atoms with E-state index < -0.39 is 4.92 Å². The maximum Gasteiger partial charge on any atom is 0.311 e. The van der Waals surface area contributed by atoms with Gasteiger partial charge in [-0.25, -0.2) is 0 Å². The van der Waals surface area contributed by atoms with Crippen molar-refractivity contribution in [3.05, 3.63) is 51.7 Å². The van der Waals surface area contributed by atoms with Crippen molar-refractivity contribution >= 4 is 22.9 Å². The zero-order chi connectivity index (χ0) is 20.1. The molecule has 28 heavy (non-hydrogen) atoms. The third kappa shape index (κ3) is 4.43. The van der Waals surface area contributed by atoms with Gasteiger partial charge in [-0.2, -0.15) is 4.98 Å². The van der Waals surface area contributed by atoms with E-state index in [1.54, 1.807) is 7.05 Å². The van der Waals surface area contributed by atoms with Gasteiger partial charge < -0.3 is 18.9 Å². The van der Waals surface area contributed by atoms with Crippen molar-refractivity contribution in [3.8, 4) is 22.2 Å². The van der Waals surface area contributed by atoms with E-state index in [2.05, 4.69) is 10.1 Å². The molecule has 0 saturated heterocycles. The number of carbonyl (C=O) groups excluding carboxylic acids is 1. The van der Waals surface area contributed by atoms with Crippen LogP contribution in [0, 0.1) is 10.1 Å². The summed E-state index contributed by atoms with van der Waals surface area (Å²) in [6.45, 7) is -0.131. The Morgan fingerprint density at radius 2 is 2.21 bits per heavy atom. The molecule has 0 unspecified atom stereocenters. The first-order valence-electron chi connectivity index (χ1n) is 8.03. The van der Waals surface area contributed by atoms with Gasteiger partial charge >= 0.3 is 5.69 Å². The van der Waals surface area contributed by atoms with Gasteiger partial charge in [0.15, 0.2) is 6.61 Å². The van der Waals surface area contributed by atoms with Crippen LogP contribution in [0.2, 0.25) is 0 Å². The Labute approximate surface area is 163 Å². The Hall–Kier alpha value is -3.47. The van der Waals surface area contributed by atoms with E-state index in [9.17, 15) is 14.9 Å². The van der Waals surface area contributed by atoms with Crippen molar-refractivity contribution in [2.75, 3.05) is 20.8 Å². The molecule has 10 nitrogen and oxygen atoms in total. The molecule has 0 aliphatic heterocycles. The average molecular weight is 404 g/mol. The molecule has 0 N–H and O–H groups in total. The number of nitrogens with zero attached hydrogens (tertiary/aromatic N) is 4. The minimum Gasteiger partial charge on any atom is -0.490 e. The molecular weight excluding hydrogens is 388 g/mol. The molecule has 0 atom stereocenters. The molecule has 0 spiro atoms. The number of rotatable bonds is 8.